The van der Waals surface area contributed by atoms with E-state index < -0.39 is 22.5 Å². The van der Waals surface area contributed by atoms with Gasteiger partial charge in [-0.25, -0.2) is 0 Å². The Bertz CT molecular complexity index is 1120. The van der Waals surface area contributed by atoms with Crippen LogP contribution in [0.4, 0.5) is 13.2 Å². The molecule has 5 nitrogen and oxygen atoms in total. The third-order valence-corrected chi connectivity index (χ3v) is 6.81. The fourth-order valence-electron chi connectivity index (χ4n) is 3.72. The monoisotopic (exact) mass is 468 g/mol. The molecule has 4 rings (SSSR count). The number of fused-ring (bicyclic) bond motifs is 3. The van der Waals surface area contributed by atoms with E-state index in [4.69, 9.17) is 21.1 Å². The number of hydrogen-bond acceptors (Lipinski definition) is 5. The summed E-state index contributed by atoms with van der Waals surface area (Å²) < 4.78 is 53.4. The molecule has 0 amide bonds. The summed E-state index contributed by atoms with van der Waals surface area (Å²) in [4.78, 5) is 0. The van der Waals surface area contributed by atoms with Crippen molar-refractivity contribution in [1.82, 2.24) is 14.8 Å². The quantitative estimate of drug-likeness (QED) is 0.466. The van der Waals surface area contributed by atoms with E-state index >= 15 is 0 Å². The van der Waals surface area contributed by atoms with Crippen molar-refractivity contribution in [3.63, 3.8) is 0 Å². The van der Waals surface area contributed by atoms with Gasteiger partial charge in [0.2, 0.25) is 5.82 Å². The highest BCUT2D eigenvalue weighted by molar-refractivity contribution is 8.00. The van der Waals surface area contributed by atoms with Crippen LogP contribution in [-0.4, -0.2) is 29.0 Å². The summed E-state index contributed by atoms with van der Waals surface area (Å²) in [6.07, 6.45) is -4.36. The topological polar surface area (TPSA) is 49.2 Å². The highest BCUT2D eigenvalue weighted by Crippen LogP contribution is 2.54. The molecule has 2 atom stereocenters. The van der Waals surface area contributed by atoms with Crippen molar-refractivity contribution in [1.29, 1.82) is 0 Å². The fraction of sp³-hybridized carbons (Fsp3) is 0.286. The molecule has 31 heavy (non-hydrogen) atoms. The van der Waals surface area contributed by atoms with E-state index in [0.29, 0.717) is 34.2 Å². The highest BCUT2D eigenvalue weighted by Gasteiger charge is 2.43. The van der Waals surface area contributed by atoms with Crippen molar-refractivity contribution in [2.45, 2.75) is 23.1 Å². The van der Waals surface area contributed by atoms with Gasteiger partial charge in [0, 0.05) is 10.6 Å². The molecule has 1 aromatic heterocycles. The van der Waals surface area contributed by atoms with Gasteiger partial charge in [0.05, 0.1) is 30.4 Å². The Labute approximate surface area is 186 Å². The van der Waals surface area contributed by atoms with Crippen molar-refractivity contribution in [2.75, 3.05) is 14.2 Å². The summed E-state index contributed by atoms with van der Waals surface area (Å²) in [5, 5.41) is 6.91. The van der Waals surface area contributed by atoms with E-state index in [-0.39, 0.29) is 5.82 Å². The number of aromatic nitrogens is 3. The van der Waals surface area contributed by atoms with Gasteiger partial charge in [0.15, 0.2) is 17.3 Å². The first kappa shape index (κ1) is 21.8. The zero-order chi connectivity index (χ0) is 22.3. The van der Waals surface area contributed by atoms with E-state index in [9.17, 15) is 13.2 Å². The molecule has 0 N–H and O–H groups in total. The lowest BCUT2D eigenvalue weighted by atomic mass is 10.0. The molecule has 1 aliphatic heterocycles. The van der Waals surface area contributed by atoms with Gasteiger partial charge in [-0.2, -0.15) is 13.2 Å². The summed E-state index contributed by atoms with van der Waals surface area (Å²) in [5.41, 5.74) is 1.66. The predicted octanol–water partition coefficient (Wildman–Crippen LogP) is 6.06. The molecule has 0 saturated heterocycles. The first-order chi connectivity index (χ1) is 14.8. The second-order valence-electron chi connectivity index (χ2n) is 6.79. The smallest absolute Gasteiger partial charge is 0.452 e. The summed E-state index contributed by atoms with van der Waals surface area (Å²) in [6.45, 7) is 3.94. The molecule has 1 aliphatic rings. The second kappa shape index (κ2) is 8.27. The number of ether oxygens (including phenoxy) is 2. The number of methoxy groups -OCH3 is 2. The van der Waals surface area contributed by atoms with E-state index in [0.717, 1.165) is 10.1 Å². The van der Waals surface area contributed by atoms with Gasteiger partial charge in [-0.3, -0.25) is 4.57 Å². The number of halogens is 4. The Kier molecular flexibility index (Phi) is 5.83. The Morgan fingerprint density at radius 2 is 1.90 bits per heavy atom. The minimum absolute atomic E-state index is 0.195. The van der Waals surface area contributed by atoms with E-state index in [1.165, 1.54) is 26.0 Å². The number of thioether (sulfide) groups is 1. The molecule has 0 saturated carbocycles. The van der Waals surface area contributed by atoms with Crippen molar-refractivity contribution >= 4 is 23.4 Å². The molecular weight excluding hydrogens is 451 g/mol. The molecule has 10 heteroatoms. The van der Waals surface area contributed by atoms with Gasteiger partial charge < -0.3 is 9.47 Å². The zero-order valence-corrected chi connectivity index (χ0v) is 18.2. The highest BCUT2D eigenvalue weighted by atomic mass is 35.5. The average Bonchev–Trinajstić information content (AvgIpc) is 3.14. The Morgan fingerprint density at radius 1 is 1.13 bits per heavy atom. The molecule has 0 bridgehead atoms. The molecule has 2 heterocycles. The molecule has 1 radical (unpaired) electrons. The first-order valence-electron chi connectivity index (χ1n) is 9.28. The number of nitrogens with zero attached hydrogens (tertiary/aromatic N) is 3. The third kappa shape index (κ3) is 3.74. The van der Waals surface area contributed by atoms with Gasteiger partial charge >= 0.3 is 6.18 Å². The molecule has 3 aromatic rings. The van der Waals surface area contributed by atoms with Gasteiger partial charge in [-0.15, -0.1) is 22.0 Å². The van der Waals surface area contributed by atoms with Gasteiger partial charge in [0.1, 0.15) is 0 Å². The van der Waals surface area contributed by atoms with Crippen LogP contribution in [0.1, 0.15) is 39.7 Å². The third-order valence-electron chi connectivity index (χ3n) is 5.02. The summed E-state index contributed by atoms with van der Waals surface area (Å²) in [7, 11) is 3.06. The molecule has 0 fully saturated rings. The number of hydrogen-bond donors (Lipinski definition) is 0. The van der Waals surface area contributed by atoms with Crippen LogP contribution in [-0.2, 0) is 6.18 Å². The van der Waals surface area contributed by atoms with Gasteiger partial charge in [-0.1, -0.05) is 30.7 Å². The average molecular weight is 469 g/mol. The molecule has 0 unspecified atom stereocenters. The van der Waals surface area contributed by atoms with Crippen LogP contribution in [0, 0.1) is 6.92 Å². The van der Waals surface area contributed by atoms with Gasteiger partial charge in [-0.05, 0) is 36.2 Å². The second-order valence-corrected chi connectivity index (χ2v) is 8.54. The van der Waals surface area contributed by atoms with Crippen LogP contribution in [0.15, 0.2) is 36.4 Å². The standard InChI is InChI=1S/C21H18ClF3N3O2S/c1-4-16-19-26-27-20(21(23,24)25)28(19)14-9-8-11(22)10-13(14)18(31-16)12-6-5-7-15(29-2)17(12)30-3/h5-10,16,18H,1,4H2,2-3H3/t16-,18-/m0/s1. The van der Waals surface area contributed by atoms with Crippen LogP contribution < -0.4 is 9.47 Å². The molecule has 0 aliphatic carbocycles. The van der Waals surface area contributed by atoms with Crippen LogP contribution in [0.2, 0.25) is 5.02 Å². The van der Waals surface area contributed by atoms with Gasteiger partial charge in [0.25, 0.3) is 0 Å². The predicted molar refractivity (Wildman–Crippen MR) is 113 cm³/mol. The Morgan fingerprint density at radius 3 is 2.55 bits per heavy atom. The molecule has 163 valence electrons. The fourth-order valence-corrected chi connectivity index (χ4v) is 5.31. The minimum atomic E-state index is -4.67. The lowest BCUT2D eigenvalue weighted by Crippen LogP contribution is -2.16. The lowest BCUT2D eigenvalue weighted by Gasteiger charge is -2.23. The summed E-state index contributed by atoms with van der Waals surface area (Å²) in [6, 6.07) is 10.2. The number of para-hydroxylation sites is 1. The number of alkyl halides is 3. The van der Waals surface area contributed by atoms with Crippen molar-refractivity contribution < 1.29 is 22.6 Å². The van der Waals surface area contributed by atoms with E-state index in [1.54, 1.807) is 24.3 Å². The molecule has 0 spiro atoms. The number of benzene rings is 2. The van der Waals surface area contributed by atoms with E-state index in [2.05, 4.69) is 17.1 Å². The lowest BCUT2D eigenvalue weighted by molar-refractivity contribution is -0.146. The van der Waals surface area contributed by atoms with Crippen LogP contribution in [0.25, 0.3) is 5.69 Å². The maximum Gasteiger partial charge on any atom is 0.452 e. The molecule has 2 aromatic carbocycles. The summed E-state index contributed by atoms with van der Waals surface area (Å²) in [5.74, 6) is 0.142. The van der Waals surface area contributed by atoms with Crippen LogP contribution in [0.3, 0.4) is 0 Å². The zero-order valence-electron chi connectivity index (χ0n) is 16.6. The normalized spacial score (nSPS) is 18.2. The Hall–Kier alpha value is -2.39. The SMILES string of the molecule is [CH2]C[C@@H]1S[C@@H](c2cccc(OC)c2OC)c2cc(Cl)ccc2-n2c1nnc2C(F)(F)F. The molecular formula is C21H18ClF3N3O2S. The van der Waals surface area contributed by atoms with Crippen molar-refractivity contribution in [3.8, 4) is 17.2 Å². The Balaban J connectivity index is 2.03. The van der Waals surface area contributed by atoms with Crippen molar-refractivity contribution in [2.24, 2.45) is 0 Å². The van der Waals surface area contributed by atoms with Crippen LogP contribution >= 0.6 is 23.4 Å². The summed E-state index contributed by atoms with van der Waals surface area (Å²) >= 11 is 7.70. The maximum atomic E-state index is 13.8. The largest absolute Gasteiger partial charge is 0.493 e. The van der Waals surface area contributed by atoms with Crippen LogP contribution in [0.5, 0.6) is 11.5 Å². The number of rotatable bonds is 4. The first-order valence-corrected chi connectivity index (χ1v) is 10.6. The maximum absolute atomic E-state index is 13.8. The van der Waals surface area contributed by atoms with E-state index in [1.807, 2.05) is 12.1 Å². The van der Waals surface area contributed by atoms with Crippen molar-refractivity contribution in [3.05, 3.63) is 71.1 Å². The minimum Gasteiger partial charge on any atom is -0.493 e.